The lowest BCUT2D eigenvalue weighted by Gasteiger charge is -2.10. The third-order valence-electron chi connectivity index (χ3n) is 3.66. The minimum Gasteiger partial charge on any atom is -0.352 e. The Balaban J connectivity index is 2.21. The van der Waals surface area contributed by atoms with Gasteiger partial charge < -0.3 is 10.6 Å². The summed E-state index contributed by atoms with van der Waals surface area (Å²) in [6.45, 7) is 6.12. The molecule has 132 valence electrons. The number of carbonyl (C=O) groups is 2. The molecule has 1 aromatic heterocycles. The Labute approximate surface area is 146 Å². The van der Waals surface area contributed by atoms with Crippen molar-refractivity contribution in [2.45, 2.75) is 27.2 Å². The molecule has 2 N–H and O–H groups in total. The third kappa shape index (κ3) is 5.04. The maximum atomic E-state index is 12.6. The molecular formula is C19H23N3O3. The number of nitrogens with zero attached hydrogens (tertiary/aromatic N) is 1. The van der Waals surface area contributed by atoms with Crippen LogP contribution < -0.4 is 16.2 Å². The van der Waals surface area contributed by atoms with Crippen LogP contribution in [0.1, 0.15) is 37.6 Å². The molecule has 1 heterocycles. The Bertz CT molecular complexity index is 807. The predicted molar refractivity (Wildman–Crippen MR) is 98.1 cm³/mol. The van der Waals surface area contributed by atoms with Crippen molar-refractivity contribution >= 4 is 17.5 Å². The predicted octanol–water partition coefficient (Wildman–Crippen LogP) is 2.57. The lowest BCUT2D eigenvalue weighted by atomic mass is 10.1. The first-order valence-corrected chi connectivity index (χ1v) is 8.26. The molecule has 0 spiro atoms. The van der Waals surface area contributed by atoms with Crippen LogP contribution in [0.5, 0.6) is 0 Å². The highest BCUT2D eigenvalue weighted by atomic mass is 16.2. The second-order valence-electron chi connectivity index (χ2n) is 6.26. The van der Waals surface area contributed by atoms with E-state index in [0.717, 1.165) is 6.42 Å². The number of anilines is 1. The number of rotatable bonds is 6. The van der Waals surface area contributed by atoms with Gasteiger partial charge in [0, 0.05) is 31.0 Å². The number of nitrogens with one attached hydrogen (secondary N) is 2. The average molecular weight is 341 g/mol. The van der Waals surface area contributed by atoms with E-state index in [0.29, 0.717) is 23.8 Å². The van der Waals surface area contributed by atoms with E-state index in [9.17, 15) is 14.4 Å². The fraction of sp³-hybridized carbons (Fsp3) is 0.316. The van der Waals surface area contributed by atoms with Gasteiger partial charge in [0.25, 0.3) is 11.5 Å². The van der Waals surface area contributed by atoms with Gasteiger partial charge in [-0.1, -0.05) is 13.8 Å². The summed E-state index contributed by atoms with van der Waals surface area (Å²) < 4.78 is 1.41. The van der Waals surface area contributed by atoms with Gasteiger partial charge in [0.15, 0.2) is 0 Å². The minimum atomic E-state index is -0.378. The van der Waals surface area contributed by atoms with E-state index in [-0.39, 0.29) is 22.9 Å². The van der Waals surface area contributed by atoms with Crippen molar-refractivity contribution in [1.29, 1.82) is 0 Å². The average Bonchev–Trinajstić information content (AvgIpc) is 2.55. The van der Waals surface area contributed by atoms with E-state index < -0.39 is 0 Å². The van der Waals surface area contributed by atoms with Gasteiger partial charge in [0.2, 0.25) is 5.91 Å². The largest absolute Gasteiger partial charge is 0.352 e. The number of hydrogen-bond acceptors (Lipinski definition) is 3. The zero-order valence-corrected chi connectivity index (χ0v) is 14.7. The van der Waals surface area contributed by atoms with E-state index in [4.69, 9.17) is 0 Å². The molecule has 0 radical (unpaired) electrons. The minimum absolute atomic E-state index is 0.109. The number of benzene rings is 1. The molecule has 0 bridgehead atoms. The second kappa shape index (κ2) is 8.28. The SMILES string of the molecule is CC(=O)Nc1ccc(-n2cccc(C(=O)NCCC(C)C)c2=O)cc1. The van der Waals surface area contributed by atoms with Crippen LogP contribution in [0.15, 0.2) is 47.4 Å². The van der Waals surface area contributed by atoms with Crippen molar-refractivity contribution in [3.63, 3.8) is 0 Å². The van der Waals surface area contributed by atoms with Crippen LogP contribution in [-0.2, 0) is 4.79 Å². The Morgan fingerprint density at radius 3 is 2.40 bits per heavy atom. The van der Waals surface area contributed by atoms with Crippen LogP contribution in [0.3, 0.4) is 0 Å². The molecule has 0 fully saturated rings. The second-order valence-corrected chi connectivity index (χ2v) is 6.26. The lowest BCUT2D eigenvalue weighted by molar-refractivity contribution is -0.114. The molecule has 6 nitrogen and oxygen atoms in total. The number of carbonyl (C=O) groups excluding carboxylic acids is 2. The number of hydrogen-bond donors (Lipinski definition) is 2. The van der Waals surface area contributed by atoms with E-state index >= 15 is 0 Å². The first-order chi connectivity index (χ1) is 11.9. The first-order valence-electron chi connectivity index (χ1n) is 8.26. The van der Waals surface area contributed by atoms with E-state index in [1.165, 1.54) is 17.6 Å². The van der Waals surface area contributed by atoms with Crippen molar-refractivity contribution in [3.8, 4) is 5.69 Å². The fourth-order valence-corrected chi connectivity index (χ4v) is 2.35. The van der Waals surface area contributed by atoms with Crippen molar-refractivity contribution < 1.29 is 9.59 Å². The van der Waals surface area contributed by atoms with Crippen molar-refractivity contribution in [1.82, 2.24) is 9.88 Å². The molecule has 0 atom stereocenters. The quantitative estimate of drug-likeness (QED) is 0.847. The summed E-state index contributed by atoms with van der Waals surface area (Å²) in [5.74, 6) is -0.0466. The number of pyridine rings is 1. The van der Waals surface area contributed by atoms with Crippen LogP contribution in [0.2, 0.25) is 0 Å². The van der Waals surface area contributed by atoms with Gasteiger partial charge >= 0.3 is 0 Å². The summed E-state index contributed by atoms with van der Waals surface area (Å²) in [5, 5.41) is 5.45. The van der Waals surface area contributed by atoms with E-state index in [2.05, 4.69) is 24.5 Å². The molecular weight excluding hydrogens is 318 g/mol. The molecule has 0 saturated heterocycles. The van der Waals surface area contributed by atoms with Gasteiger partial charge in [0.05, 0.1) is 0 Å². The number of aromatic nitrogens is 1. The standard InChI is InChI=1S/C19H23N3O3/c1-13(2)10-11-20-18(24)17-5-4-12-22(19(17)25)16-8-6-15(7-9-16)21-14(3)23/h4-9,12-13H,10-11H2,1-3H3,(H,20,24)(H,21,23). The maximum Gasteiger partial charge on any atom is 0.267 e. The first kappa shape index (κ1) is 18.4. The topological polar surface area (TPSA) is 80.2 Å². The molecule has 0 aliphatic rings. The third-order valence-corrected chi connectivity index (χ3v) is 3.66. The summed E-state index contributed by atoms with van der Waals surface area (Å²) in [7, 11) is 0. The van der Waals surface area contributed by atoms with Gasteiger partial charge in [-0.05, 0) is 48.7 Å². The number of amides is 2. The summed E-state index contributed by atoms with van der Waals surface area (Å²) in [6, 6.07) is 10.0. The van der Waals surface area contributed by atoms with Gasteiger partial charge in [-0.3, -0.25) is 19.0 Å². The molecule has 2 amide bonds. The highest BCUT2D eigenvalue weighted by Gasteiger charge is 2.12. The Kier molecular flexibility index (Phi) is 6.11. The molecule has 0 saturated carbocycles. The normalized spacial score (nSPS) is 10.6. The highest BCUT2D eigenvalue weighted by molar-refractivity contribution is 5.93. The molecule has 0 aliphatic carbocycles. The Morgan fingerprint density at radius 2 is 1.80 bits per heavy atom. The molecule has 2 aromatic rings. The van der Waals surface area contributed by atoms with Gasteiger partial charge in [-0.15, -0.1) is 0 Å². The van der Waals surface area contributed by atoms with E-state index in [1.54, 1.807) is 36.5 Å². The molecule has 0 aliphatic heterocycles. The molecule has 0 unspecified atom stereocenters. The molecule has 2 rings (SSSR count). The summed E-state index contributed by atoms with van der Waals surface area (Å²) in [4.78, 5) is 35.9. The van der Waals surface area contributed by atoms with Crippen molar-refractivity contribution in [3.05, 3.63) is 58.5 Å². The summed E-state index contributed by atoms with van der Waals surface area (Å²) in [6.07, 6.45) is 2.47. The van der Waals surface area contributed by atoms with Gasteiger partial charge in [-0.25, -0.2) is 0 Å². The Hall–Kier alpha value is -2.89. The van der Waals surface area contributed by atoms with Gasteiger partial charge in [0.1, 0.15) is 5.56 Å². The lowest BCUT2D eigenvalue weighted by Crippen LogP contribution is -2.33. The van der Waals surface area contributed by atoms with Crippen LogP contribution in [-0.4, -0.2) is 22.9 Å². The monoisotopic (exact) mass is 341 g/mol. The van der Waals surface area contributed by atoms with Crippen LogP contribution in [0, 0.1) is 5.92 Å². The van der Waals surface area contributed by atoms with Crippen molar-refractivity contribution in [2.75, 3.05) is 11.9 Å². The molecule has 1 aromatic carbocycles. The molecule has 25 heavy (non-hydrogen) atoms. The maximum absolute atomic E-state index is 12.6. The summed E-state index contributed by atoms with van der Waals surface area (Å²) in [5.41, 5.74) is 0.997. The van der Waals surface area contributed by atoms with Crippen LogP contribution >= 0.6 is 0 Å². The van der Waals surface area contributed by atoms with E-state index in [1.807, 2.05) is 0 Å². The zero-order valence-electron chi connectivity index (χ0n) is 14.7. The Morgan fingerprint density at radius 1 is 1.12 bits per heavy atom. The summed E-state index contributed by atoms with van der Waals surface area (Å²) >= 11 is 0. The van der Waals surface area contributed by atoms with Crippen LogP contribution in [0.25, 0.3) is 5.69 Å². The van der Waals surface area contributed by atoms with Gasteiger partial charge in [-0.2, -0.15) is 0 Å². The fourth-order valence-electron chi connectivity index (χ4n) is 2.35. The zero-order chi connectivity index (χ0) is 18.4. The van der Waals surface area contributed by atoms with Crippen LogP contribution in [0.4, 0.5) is 5.69 Å². The van der Waals surface area contributed by atoms with Crippen molar-refractivity contribution in [2.24, 2.45) is 5.92 Å². The smallest absolute Gasteiger partial charge is 0.267 e. The molecule has 6 heteroatoms. The highest BCUT2D eigenvalue weighted by Crippen LogP contribution is 2.12.